The second-order valence-corrected chi connectivity index (χ2v) is 6.64. The van der Waals surface area contributed by atoms with Crippen LogP contribution in [-0.2, 0) is 0 Å². The zero-order chi connectivity index (χ0) is 14.1. The summed E-state index contributed by atoms with van der Waals surface area (Å²) in [7, 11) is 4.46. The monoisotopic (exact) mass is 275 g/mol. The van der Waals surface area contributed by atoms with Gasteiger partial charge in [0.05, 0.1) is 25.9 Å². The lowest BCUT2D eigenvalue weighted by molar-refractivity contribution is -0.532. The summed E-state index contributed by atoms with van der Waals surface area (Å²) in [5, 5.41) is 0. The van der Waals surface area contributed by atoms with E-state index in [0.29, 0.717) is 23.9 Å². The standard InChI is InChI=1S/C19H19N2/c1-20-11-21(2)19-17-14-9-5-3-7-12(14)16(18(19)20)13-8-4-6-10-15(13)17/h3-11,16-19H,1-2H3/q+1. The summed E-state index contributed by atoms with van der Waals surface area (Å²) in [4.78, 5) is 2.42. The Morgan fingerprint density at radius 1 is 0.810 bits per heavy atom. The quantitative estimate of drug-likeness (QED) is 0.670. The third-order valence-electron chi connectivity index (χ3n) is 5.67. The Morgan fingerprint density at radius 3 is 1.81 bits per heavy atom. The number of hydrogen-bond donors (Lipinski definition) is 0. The molecule has 6 rings (SSSR count). The first-order valence-corrected chi connectivity index (χ1v) is 7.74. The van der Waals surface area contributed by atoms with Crippen LogP contribution in [0.1, 0.15) is 34.1 Å². The Hall–Kier alpha value is -2.09. The van der Waals surface area contributed by atoms with E-state index < -0.39 is 0 Å². The summed E-state index contributed by atoms with van der Waals surface area (Å²) in [6.45, 7) is 0. The molecule has 0 spiro atoms. The molecular weight excluding hydrogens is 256 g/mol. The van der Waals surface area contributed by atoms with Crippen molar-refractivity contribution in [3.8, 4) is 0 Å². The maximum atomic E-state index is 2.42. The van der Waals surface area contributed by atoms with Crippen LogP contribution in [0, 0.1) is 0 Å². The topological polar surface area (TPSA) is 6.25 Å². The van der Waals surface area contributed by atoms with Crippen LogP contribution in [0.3, 0.4) is 0 Å². The molecule has 3 aliphatic carbocycles. The fourth-order valence-electron chi connectivity index (χ4n) is 5.01. The van der Waals surface area contributed by atoms with E-state index in [1.54, 1.807) is 0 Å². The number of rotatable bonds is 0. The Balaban J connectivity index is 1.85. The van der Waals surface area contributed by atoms with Gasteiger partial charge in [-0.3, -0.25) is 9.48 Å². The molecule has 4 aliphatic rings. The molecule has 2 unspecified atom stereocenters. The van der Waals surface area contributed by atoms with E-state index >= 15 is 0 Å². The van der Waals surface area contributed by atoms with Crippen molar-refractivity contribution in [1.82, 2.24) is 4.90 Å². The largest absolute Gasteiger partial charge is 0.263 e. The van der Waals surface area contributed by atoms with Crippen LogP contribution in [-0.4, -0.2) is 42.0 Å². The van der Waals surface area contributed by atoms with Gasteiger partial charge in [0.2, 0.25) is 6.34 Å². The maximum Gasteiger partial charge on any atom is 0.234 e. The van der Waals surface area contributed by atoms with Gasteiger partial charge < -0.3 is 0 Å². The minimum absolute atomic E-state index is 0.499. The van der Waals surface area contributed by atoms with Crippen molar-refractivity contribution < 1.29 is 4.58 Å². The van der Waals surface area contributed by atoms with E-state index in [9.17, 15) is 0 Å². The second-order valence-electron chi connectivity index (χ2n) is 6.64. The minimum Gasteiger partial charge on any atom is -0.263 e. The molecule has 2 aromatic carbocycles. The van der Waals surface area contributed by atoms with Crippen molar-refractivity contribution in [2.75, 3.05) is 14.1 Å². The molecule has 0 fully saturated rings. The predicted molar refractivity (Wildman–Crippen MR) is 84.2 cm³/mol. The molecule has 0 radical (unpaired) electrons. The summed E-state index contributed by atoms with van der Waals surface area (Å²) in [5.41, 5.74) is 6.16. The minimum atomic E-state index is 0.499. The van der Waals surface area contributed by atoms with E-state index in [2.05, 4.69) is 78.4 Å². The molecular formula is C19H19N2+. The van der Waals surface area contributed by atoms with Gasteiger partial charge >= 0.3 is 0 Å². The number of nitrogens with zero attached hydrogens (tertiary/aromatic N) is 2. The molecule has 2 atom stereocenters. The lowest BCUT2D eigenvalue weighted by Gasteiger charge is -2.46. The molecule has 2 heteroatoms. The molecule has 1 aliphatic heterocycles. The van der Waals surface area contributed by atoms with Gasteiger partial charge in [-0.2, -0.15) is 0 Å². The summed E-state index contributed by atoms with van der Waals surface area (Å²) < 4.78 is 2.42. The van der Waals surface area contributed by atoms with Gasteiger partial charge in [-0.05, 0) is 22.3 Å². The van der Waals surface area contributed by atoms with Crippen LogP contribution in [0.5, 0.6) is 0 Å². The van der Waals surface area contributed by atoms with Crippen molar-refractivity contribution in [3.63, 3.8) is 0 Å². The third-order valence-corrected chi connectivity index (χ3v) is 5.67. The lowest BCUT2D eigenvalue weighted by Crippen LogP contribution is -2.52. The van der Waals surface area contributed by atoms with Crippen LogP contribution in [0.4, 0.5) is 0 Å². The number of hydrogen-bond acceptors (Lipinski definition) is 1. The van der Waals surface area contributed by atoms with Crippen molar-refractivity contribution >= 4 is 6.34 Å². The van der Waals surface area contributed by atoms with Gasteiger partial charge in [0.15, 0.2) is 0 Å². The molecule has 0 amide bonds. The molecule has 2 bridgehead atoms. The molecule has 0 saturated heterocycles. The molecule has 21 heavy (non-hydrogen) atoms. The van der Waals surface area contributed by atoms with Gasteiger partial charge in [0.1, 0.15) is 12.1 Å². The molecule has 0 aromatic heterocycles. The fourth-order valence-corrected chi connectivity index (χ4v) is 5.01. The normalized spacial score (nSPS) is 31.5. The highest BCUT2D eigenvalue weighted by molar-refractivity contribution is 5.62. The third kappa shape index (κ3) is 1.26. The van der Waals surface area contributed by atoms with Gasteiger partial charge in [-0.25, -0.2) is 0 Å². The fraction of sp³-hybridized carbons (Fsp3) is 0.316. The van der Waals surface area contributed by atoms with Crippen molar-refractivity contribution in [2.45, 2.75) is 23.9 Å². The zero-order valence-corrected chi connectivity index (χ0v) is 12.4. The van der Waals surface area contributed by atoms with E-state index in [0.717, 1.165) is 0 Å². The average Bonchev–Trinajstić information content (AvgIpc) is 2.83. The van der Waals surface area contributed by atoms with E-state index in [1.807, 2.05) is 0 Å². The van der Waals surface area contributed by atoms with Gasteiger partial charge in [-0.15, -0.1) is 0 Å². The van der Waals surface area contributed by atoms with Crippen molar-refractivity contribution in [1.29, 1.82) is 0 Å². The van der Waals surface area contributed by atoms with Crippen LogP contribution in [0.15, 0.2) is 48.5 Å². The van der Waals surface area contributed by atoms with E-state index in [-0.39, 0.29) is 0 Å². The summed E-state index contributed by atoms with van der Waals surface area (Å²) in [6, 6.07) is 19.3. The van der Waals surface area contributed by atoms with E-state index in [4.69, 9.17) is 0 Å². The number of likely N-dealkylation sites (N-methyl/N-ethyl adjacent to an activating group) is 2. The smallest absolute Gasteiger partial charge is 0.234 e. The van der Waals surface area contributed by atoms with Crippen LogP contribution >= 0.6 is 0 Å². The molecule has 0 saturated carbocycles. The first-order valence-electron chi connectivity index (χ1n) is 7.74. The predicted octanol–water partition coefficient (Wildman–Crippen LogP) is 2.63. The molecule has 1 heterocycles. The summed E-state index contributed by atoms with van der Waals surface area (Å²) in [5.74, 6) is 0.997. The van der Waals surface area contributed by atoms with E-state index in [1.165, 1.54) is 22.3 Å². The highest BCUT2D eigenvalue weighted by atomic mass is 15.3. The van der Waals surface area contributed by atoms with Gasteiger partial charge in [0, 0.05) is 0 Å². The zero-order valence-electron chi connectivity index (χ0n) is 12.4. The SMILES string of the molecule is CN1C=[N+](C)C2C3c4ccccc4C(c4ccccc43)C21. The summed E-state index contributed by atoms with van der Waals surface area (Å²) >= 11 is 0. The molecule has 0 N–H and O–H groups in total. The van der Waals surface area contributed by atoms with Gasteiger partial charge in [-0.1, -0.05) is 48.5 Å². The molecule has 104 valence electrons. The highest BCUT2D eigenvalue weighted by Gasteiger charge is 2.58. The summed E-state index contributed by atoms with van der Waals surface area (Å²) in [6.07, 6.45) is 2.28. The van der Waals surface area contributed by atoms with Crippen LogP contribution in [0.2, 0.25) is 0 Å². The van der Waals surface area contributed by atoms with Crippen molar-refractivity contribution in [3.05, 3.63) is 70.8 Å². The Morgan fingerprint density at radius 2 is 1.29 bits per heavy atom. The van der Waals surface area contributed by atoms with Gasteiger partial charge in [0.25, 0.3) is 0 Å². The Bertz CT molecular complexity index is 729. The second kappa shape index (κ2) is 3.76. The number of benzene rings is 2. The lowest BCUT2D eigenvalue weighted by atomic mass is 9.59. The first-order chi connectivity index (χ1) is 10.3. The van der Waals surface area contributed by atoms with Crippen LogP contribution in [0.25, 0.3) is 0 Å². The Labute approximate surface area is 125 Å². The maximum absolute atomic E-state index is 2.42. The average molecular weight is 275 g/mol. The highest BCUT2D eigenvalue weighted by Crippen LogP contribution is 2.55. The molecule has 2 nitrogen and oxygen atoms in total. The molecule has 2 aromatic rings. The Kier molecular flexibility index (Phi) is 2.07. The van der Waals surface area contributed by atoms with Crippen molar-refractivity contribution in [2.24, 2.45) is 0 Å². The first kappa shape index (κ1) is 11.6. The van der Waals surface area contributed by atoms with Crippen LogP contribution < -0.4 is 0 Å².